The quantitative estimate of drug-likeness (QED) is 0.693. The predicted octanol–water partition coefficient (Wildman–Crippen LogP) is -0.362. The number of nitrogen functional groups attached to an aromatic ring is 1. The van der Waals surface area contributed by atoms with E-state index in [4.69, 9.17) is 10.5 Å². The molecule has 1 aromatic heterocycles. The summed E-state index contributed by atoms with van der Waals surface area (Å²) in [5, 5.41) is 9.42. The summed E-state index contributed by atoms with van der Waals surface area (Å²) in [6.45, 7) is 1.32. The molecule has 1 aromatic rings. The van der Waals surface area contributed by atoms with Crippen LogP contribution in [0, 0.1) is 0 Å². The Balaban J connectivity index is 2.28. The molecule has 1 atom stereocenters. The third-order valence-electron chi connectivity index (χ3n) is 2.48. The molecule has 2 rings (SSSR count). The summed E-state index contributed by atoms with van der Waals surface area (Å²) in [4.78, 5) is 9.94. The van der Waals surface area contributed by atoms with Crippen molar-refractivity contribution >= 4 is 11.5 Å². The van der Waals surface area contributed by atoms with Gasteiger partial charge in [-0.25, -0.2) is 4.98 Å². The zero-order chi connectivity index (χ0) is 10.8. The third-order valence-corrected chi connectivity index (χ3v) is 2.48. The zero-order valence-corrected chi connectivity index (χ0v) is 8.55. The fourth-order valence-electron chi connectivity index (χ4n) is 1.72. The van der Waals surface area contributed by atoms with Crippen LogP contribution in [0.3, 0.4) is 0 Å². The van der Waals surface area contributed by atoms with Crippen LogP contribution in [0.15, 0.2) is 6.33 Å². The molecule has 0 aliphatic carbocycles. The van der Waals surface area contributed by atoms with E-state index >= 15 is 0 Å². The monoisotopic (exact) mass is 210 g/mol. The van der Waals surface area contributed by atoms with Gasteiger partial charge in [-0.15, -0.1) is 0 Å². The second-order valence-corrected chi connectivity index (χ2v) is 3.51. The number of β-amino-alcohol motifs (C(OH)–C–C–N with tert-alkyl or cyclic N) is 1. The van der Waals surface area contributed by atoms with Gasteiger partial charge < -0.3 is 20.5 Å². The highest BCUT2D eigenvalue weighted by atomic mass is 16.5. The Kier molecular flexibility index (Phi) is 2.59. The van der Waals surface area contributed by atoms with Gasteiger partial charge in [0.2, 0.25) is 5.88 Å². The summed E-state index contributed by atoms with van der Waals surface area (Å²) < 4.78 is 5.01. The van der Waals surface area contributed by atoms with Gasteiger partial charge in [-0.3, -0.25) is 0 Å². The first-order chi connectivity index (χ1) is 7.22. The Morgan fingerprint density at radius 1 is 1.60 bits per heavy atom. The Hall–Kier alpha value is -1.56. The van der Waals surface area contributed by atoms with Gasteiger partial charge in [0.05, 0.1) is 13.2 Å². The molecule has 0 saturated carbocycles. The van der Waals surface area contributed by atoms with Crippen molar-refractivity contribution in [2.24, 2.45) is 0 Å². The molecule has 0 aromatic carbocycles. The smallest absolute Gasteiger partial charge is 0.242 e. The van der Waals surface area contributed by atoms with Crippen LogP contribution in [0.1, 0.15) is 6.42 Å². The maximum Gasteiger partial charge on any atom is 0.242 e. The molecule has 0 bridgehead atoms. The first-order valence-electron chi connectivity index (χ1n) is 4.80. The van der Waals surface area contributed by atoms with Crippen molar-refractivity contribution in [2.45, 2.75) is 12.5 Å². The van der Waals surface area contributed by atoms with Crippen LogP contribution >= 0.6 is 0 Å². The SMILES string of the molecule is COc1ncnc(N2CCC(O)C2)c1N. The van der Waals surface area contributed by atoms with Crippen molar-refractivity contribution in [2.75, 3.05) is 30.8 Å². The Morgan fingerprint density at radius 3 is 3.00 bits per heavy atom. The molecule has 15 heavy (non-hydrogen) atoms. The number of rotatable bonds is 2. The molecule has 82 valence electrons. The van der Waals surface area contributed by atoms with Gasteiger partial charge >= 0.3 is 0 Å². The lowest BCUT2D eigenvalue weighted by molar-refractivity contribution is 0.198. The molecule has 0 amide bonds. The minimum atomic E-state index is -0.301. The maximum atomic E-state index is 9.42. The van der Waals surface area contributed by atoms with Crippen LogP contribution in [-0.2, 0) is 0 Å². The van der Waals surface area contributed by atoms with E-state index in [0.717, 1.165) is 13.0 Å². The second kappa shape index (κ2) is 3.90. The Labute approximate surface area is 87.7 Å². The van der Waals surface area contributed by atoms with E-state index in [0.29, 0.717) is 23.9 Å². The summed E-state index contributed by atoms with van der Waals surface area (Å²) in [7, 11) is 1.52. The van der Waals surface area contributed by atoms with E-state index in [1.54, 1.807) is 0 Å². The van der Waals surface area contributed by atoms with Crippen LogP contribution < -0.4 is 15.4 Å². The lowest BCUT2D eigenvalue weighted by atomic mass is 10.3. The first-order valence-corrected chi connectivity index (χ1v) is 4.80. The molecule has 0 spiro atoms. The Morgan fingerprint density at radius 2 is 2.40 bits per heavy atom. The summed E-state index contributed by atoms with van der Waals surface area (Å²) in [6.07, 6.45) is 1.85. The molecule has 1 unspecified atom stereocenters. The minimum Gasteiger partial charge on any atom is -0.479 e. The number of aliphatic hydroxyl groups is 1. The second-order valence-electron chi connectivity index (χ2n) is 3.51. The van der Waals surface area contributed by atoms with Crippen LogP contribution in [-0.4, -0.2) is 41.4 Å². The van der Waals surface area contributed by atoms with Crippen molar-refractivity contribution in [3.63, 3.8) is 0 Å². The number of hydrogen-bond acceptors (Lipinski definition) is 6. The average Bonchev–Trinajstić information content (AvgIpc) is 2.65. The molecule has 1 fully saturated rings. The molecule has 1 aliphatic rings. The van der Waals surface area contributed by atoms with E-state index in [1.165, 1.54) is 13.4 Å². The van der Waals surface area contributed by atoms with Crippen molar-refractivity contribution in [3.8, 4) is 5.88 Å². The number of aromatic nitrogens is 2. The molecule has 1 aliphatic heterocycles. The summed E-state index contributed by atoms with van der Waals surface area (Å²) >= 11 is 0. The van der Waals surface area contributed by atoms with E-state index in [1.807, 2.05) is 4.90 Å². The number of nitrogens with two attached hydrogens (primary N) is 1. The largest absolute Gasteiger partial charge is 0.479 e. The van der Waals surface area contributed by atoms with Crippen LogP contribution in [0.4, 0.5) is 11.5 Å². The van der Waals surface area contributed by atoms with Crippen molar-refractivity contribution in [3.05, 3.63) is 6.33 Å². The van der Waals surface area contributed by atoms with Gasteiger partial charge in [0.15, 0.2) is 5.82 Å². The summed E-state index contributed by atoms with van der Waals surface area (Å²) in [6, 6.07) is 0. The lowest BCUT2D eigenvalue weighted by Gasteiger charge is -2.18. The fourth-order valence-corrected chi connectivity index (χ4v) is 1.72. The fraction of sp³-hybridized carbons (Fsp3) is 0.556. The van der Waals surface area contributed by atoms with Gasteiger partial charge in [-0.1, -0.05) is 0 Å². The highest BCUT2D eigenvalue weighted by Crippen LogP contribution is 2.29. The molecule has 3 N–H and O–H groups in total. The van der Waals surface area contributed by atoms with Gasteiger partial charge in [0.25, 0.3) is 0 Å². The van der Waals surface area contributed by atoms with E-state index < -0.39 is 0 Å². The molecular weight excluding hydrogens is 196 g/mol. The average molecular weight is 210 g/mol. The molecular formula is C9H14N4O2. The first kappa shape index (κ1) is 9.97. The summed E-state index contributed by atoms with van der Waals surface area (Å²) in [5.41, 5.74) is 6.27. The number of ether oxygens (including phenoxy) is 1. The van der Waals surface area contributed by atoms with Crippen molar-refractivity contribution in [1.82, 2.24) is 9.97 Å². The van der Waals surface area contributed by atoms with E-state index in [-0.39, 0.29) is 6.10 Å². The molecule has 6 nitrogen and oxygen atoms in total. The third kappa shape index (κ3) is 1.80. The normalized spacial score (nSPS) is 20.7. The molecule has 6 heteroatoms. The Bertz CT molecular complexity index is 358. The highest BCUT2D eigenvalue weighted by molar-refractivity contribution is 5.68. The topological polar surface area (TPSA) is 84.5 Å². The van der Waals surface area contributed by atoms with Crippen LogP contribution in [0.5, 0.6) is 5.88 Å². The molecule has 0 radical (unpaired) electrons. The predicted molar refractivity (Wildman–Crippen MR) is 55.8 cm³/mol. The van der Waals surface area contributed by atoms with E-state index in [2.05, 4.69) is 9.97 Å². The van der Waals surface area contributed by atoms with Crippen molar-refractivity contribution < 1.29 is 9.84 Å². The highest BCUT2D eigenvalue weighted by Gasteiger charge is 2.24. The van der Waals surface area contributed by atoms with Gasteiger partial charge in [-0.05, 0) is 6.42 Å². The van der Waals surface area contributed by atoms with Gasteiger partial charge in [0.1, 0.15) is 12.0 Å². The lowest BCUT2D eigenvalue weighted by Crippen LogP contribution is -2.23. The number of hydrogen-bond donors (Lipinski definition) is 2. The van der Waals surface area contributed by atoms with Crippen molar-refractivity contribution in [1.29, 1.82) is 0 Å². The number of nitrogens with zero attached hydrogens (tertiary/aromatic N) is 3. The standard InChI is InChI=1S/C9H14N4O2/c1-15-9-7(10)8(11-5-12-9)13-3-2-6(14)4-13/h5-6,14H,2-4,10H2,1H3. The number of aliphatic hydroxyl groups excluding tert-OH is 1. The minimum absolute atomic E-state index is 0.301. The maximum absolute atomic E-state index is 9.42. The van der Waals surface area contributed by atoms with Crippen LogP contribution in [0.2, 0.25) is 0 Å². The van der Waals surface area contributed by atoms with Gasteiger partial charge in [-0.2, -0.15) is 4.98 Å². The van der Waals surface area contributed by atoms with E-state index in [9.17, 15) is 5.11 Å². The molecule has 2 heterocycles. The van der Waals surface area contributed by atoms with Crippen LogP contribution in [0.25, 0.3) is 0 Å². The number of anilines is 2. The zero-order valence-electron chi connectivity index (χ0n) is 8.55. The molecule has 1 saturated heterocycles. The van der Waals surface area contributed by atoms with Gasteiger partial charge in [0, 0.05) is 13.1 Å². The number of methoxy groups -OCH3 is 1. The summed E-state index contributed by atoms with van der Waals surface area (Å²) in [5.74, 6) is 1.01.